The Balaban J connectivity index is 1.99. The first-order valence-corrected chi connectivity index (χ1v) is 8.15. The zero-order chi connectivity index (χ0) is 18.2. The molecule has 3 N–H and O–H groups in total. The molecule has 0 aliphatic heterocycles. The number of rotatable bonds is 6. The maximum atomic E-state index is 9.95. The van der Waals surface area contributed by atoms with Crippen molar-refractivity contribution in [2.45, 2.75) is 13.8 Å². The summed E-state index contributed by atoms with van der Waals surface area (Å²) in [6, 6.07) is 12.4. The Kier molecular flexibility index (Phi) is 6.59. The Bertz CT molecular complexity index is 761. The molecule has 0 aliphatic carbocycles. The van der Waals surface area contributed by atoms with Gasteiger partial charge in [0.2, 0.25) is 0 Å². The molecule has 0 amide bonds. The molecule has 0 saturated carbocycles. The van der Waals surface area contributed by atoms with Gasteiger partial charge in [0, 0.05) is 11.3 Å². The highest BCUT2D eigenvalue weighted by atomic mass is 32.1. The van der Waals surface area contributed by atoms with Crippen molar-refractivity contribution in [2.24, 2.45) is 5.10 Å². The molecular formula is C18H21N3O3S. The zero-order valence-corrected chi connectivity index (χ0v) is 15.2. The SMILES string of the molecule is CCOc1ccc(NC(=S)N/N=C(\C)c2cc(OC)ccc2O)cc1. The van der Waals surface area contributed by atoms with Crippen LogP contribution in [0.4, 0.5) is 5.69 Å². The van der Waals surface area contributed by atoms with E-state index in [4.69, 9.17) is 21.7 Å². The van der Waals surface area contributed by atoms with E-state index >= 15 is 0 Å². The molecule has 0 heterocycles. The average Bonchev–Trinajstić information content (AvgIpc) is 2.62. The molecule has 0 radical (unpaired) electrons. The Morgan fingerprint density at radius 1 is 1.16 bits per heavy atom. The van der Waals surface area contributed by atoms with Crippen LogP contribution in [-0.2, 0) is 0 Å². The smallest absolute Gasteiger partial charge is 0.191 e. The van der Waals surface area contributed by atoms with Crippen molar-refractivity contribution in [3.05, 3.63) is 48.0 Å². The van der Waals surface area contributed by atoms with Crippen LogP contribution in [0.5, 0.6) is 17.2 Å². The maximum Gasteiger partial charge on any atom is 0.191 e. The topological polar surface area (TPSA) is 75.1 Å². The third-order valence-electron chi connectivity index (χ3n) is 3.34. The standard InChI is InChI=1S/C18H21N3O3S/c1-4-24-14-7-5-13(6-8-14)19-18(25)21-20-12(2)16-11-15(23-3)9-10-17(16)22/h5-11,22H,4H2,1-3H3,(H2,19,21,25)/b20-12+. The van der Waals surface area contributed by atoms with Crippen LogP contribution in [0.3, 0.4) is 0 Å². The molecule has 25 heavy (non-hydrogen) atoms. The highest BCUT2D eigenvalue weighted by molar-refractivity contribution is 7.80. The van der Waals surface area contributed by atoms with Crippen molar-refractivity contribution in [1.29, 1.82) is 0 Å². The van der Waals surface area contributed by atoms with Gasteiger partial charge in [-0.25, -0.2) is 0 Å². The van der Waals surface area contributed by atoms with Crippen molar-refractivity contribution < 1.29 is 14.6 Å². The van der Waals surface area contributed by atoms with E-state index in [1.165, 1.54) is 0 Å². The van der Waals surface area contributed by atoms with E-state index in [1.54, 1.807) is 32.2 Å². The van der Waals surface area contributed by atoms with Gasteiger partial charge in [-0.1, -0.05) is 0 Å². The predicted molar refractivity (Wildman–Crippen MR) is 104 cm³/mol. The molecule has 2 aromatic rings. The number of hydrogen-bond donors (Lipinski definition) is 3. The number of phenolic OH excluding ortho intramolecular Hbond substituents is 1. The number of hydrazone groups is 1. The molecule has 2 rings (SSSR count). The van der Waals surface area contributed by atoms with Crippen molar-refractivity contribution >= 4 is 28.7 Å². The van der Waals surface area contributed by atoms with Gasteiger partial charge >= 0.3 is 0 Å². The van der Waals surface area contributed by atoms with Crippen molar-refractivity contribution in [1.82, 2.24) is 5.43 Å². The Morgan fingerprint density at radius 3 is 2.48 bits per heavy atom. The molecule has 0 saturated heterocycles. The molecule has 0 aromatic heterocycles. The van der Waals surface area contributed by atoms with Gasteiger partial charge in [-0.3, -0.25) is 5.43 Å². The summed E-state index contributed by atoms with van der Waals surface area (Å²) in [4.78, 5) is 0. The number of nitrogens with one attached hydrogen (secondary N) is 2. The molecule has 0 unspecified atom stereocenters. The van der Waals surface area contributed by atoms with Crippen molar-refractivity contribution in [3.63, 3.8) is 0 Å². The summed E-state index contributed by atoms with van der Waals surface area (Å²) >= 11 is 5.22. The summed E-state index contributed by atoms with van der Waals surface area (Å²) in [5.41, 5.74) is 4.72. The van der Waals surface area contributed by atoms with Crippen LogP contribution in [0.25, 0.3) is 0 Å². The summed E-state index contributed by atoms with van der Waals surface area (Å²) in [5.74, 6) is 1.56. The molecule has 0 atom stereocenters. The first-order valence-electron chi connectivity index (χ1n) is 7.75. The summed E-state index contributed by atoms with van der Waals surface area (Å²) in [6.07, 6.45) is 0. The number of nitrogens with zero attached hydrogens (tertiary/aromatic N) is 1. The lowest BCUT2D eigenvalue weighted by atomic mass is 10.1. The number of hydrogen-bond acceptors (Lipinski definition) is 5. The molecule has 2 aromatic carbocycles. The van der Waals surface area contributed by atoms with E-state index in [-0.39, 0.29) is 5.75 Å². The van der Waals surface area contributed by atoms with E-state index in [9.17, 15) is 5.11 Å². The fourth-order valence-electron chi connectivity index (χ4n) is 2.09. The van der Waals surface area contributed by atoms with Crippen LogP contribution in [-0.4, -0.2) is 29.6 Å². The molecule has 0 aliphatic rings. The summed E-state index contributed by atoms with van der Waals surface area (Å²) in [6.45, 7) is 4.32. The van der Waals surface area contributed by atoms with Crippen molar-refractivity contribution in [2.75, 3.05) is 19.0 Å². The Morgan fingerprint density at radius 2 is 1.84 bits per heavy atom. The first kappa shape index (κ1) is 18.5. The summed E-state index contributed by atoms with van der Waals surface area (Å²) < 4.78 is 10.5. The normalized spacial score (nSPS) is 10.9. The highest BCUT2D eigenvalue weighted by Gasteiger charge is 2.07. The van der Waals surface area contributed by atoms with Crippen LogP contribution in [0.2, 0.25) is 0 Å². The minimum Gasteiger partial charge on any atom is -0.507 e. The van der Waals surface area contributed by atoms with E-state index in [0.717, 1.165) is 11.4 Å². The number of thiocarbonyl (C=S) groups is 1. The van der Waals surface area contributed by atoms with Crippen molar-refractivity contribution in [3.8, 4) is 17.2 Å². The van der Waals surface area contributed by atoms with Crippen LogP contribution in [0, 0.1) is 0 Å². The number of ether oxygens (including phenoxy) is 2. The fourth-order valence-corrected chi connectivity index (χ4v) is 2.25. The van der Waals surface area contributed by atoms with E-state index in [0.29, 0.717) is 28.7 Å². The van der Waals surface area contributed by atoms with Crippen LogP contribution in [0.1, 0.15) is 19.4 Å². The fraction of sp³-hybridized carbons (Fsp3) is 0.222. The lowest BCUT2D eigenvalue weighted by Crippen LogP contribution is -2.24. The number of phenols is 1. The van der Waals surface area contributed by atoms with Crippen LogP contribution >= 0.6 is 12.2 Å². The summed E-state index contributed by atoms with van der Waals surface area (Å²) in [7, 11) is 1.57. The Labute approximate surface area is 152 Å². The molecular weight excluding hydrogens is 338 g/mol. The number of aromatic hydroxyl groups is 1. The van der Waals surface area contributed by atoms with Gasteiger partial charge in [0.05, 0.1) is 19.4 Å². The number of methoxy groups -OCH3 is 1. The van der Waals surface area contributed by atoms with Crippen LogP contribution < -0.4 is 20.2 Å². The number of benzene rings is 2. The zero-order valence-electron chi connectivity index (χ0n) is 14.4. The monoisotopic (exact) mass is 359 g/mol. The minimum atomic E-state index is 0.120. The van der Waals surface area contributed by atoms with E-state index < -0.39 is 0 Å². The van der Waals surface area contributed by atoms with Gasteiger partial charge in [0.1, 0.15) is 17.2 Å². The highest BCUT2D eigenvalue weighted by Crippen LogP contribution is 2.23. The van der Waals surface area contributed by atoms with E-state index in [2.05, 4.69) is 15.8 Å². The third-order valence-corrected chi connectivity index (χ3v) is 3.54. The van der Waals surface area contributed by atoms with Gasteiger partial charge in [-0.2, -0.15) is 5.10 Å². The maximum absolute atomic E-state index is 9.95. The van der Waals surface area contributed by atoms with Gasteiger partial charge in [0.15, 0.2) is 5.11 Å². The first-order chi connectivity index (χ1) is 12.0. The predicted octanol–water partition coefficient (Wildman–Crippen LogP) is 3.51. The van der Waals surface area contributed by atoms with Gasteiger partial charge < -0.3 is 19.9 Å². The molecule has 6 nitrogen and oxygen atoms in total. The average molecular weight is 359 g/mol. The van der Waals surface area contributed by atoms with Gasteiger partial charge in [-0.15, -0.1) is 0 Å². The van der Waals surface area contributed by atoms with Gasteiger partial charge in [0.25, 0.3) is 0 Å². The minimum absolute atomic E-state index is 0.120. The quantitative estimate of drug-likeness (QED) is 0.416. The second-order valence-corrected chi connectivity index (χ2v) is 5.51. The molecule has 0 bridgehead atoms. The Hall–Kier alpha value is -2.80. The van der Waals surface area contributed by atoms with Crippen LogP contribution in [0.15, 0.2) is 47.6 Å². The second-order valence-electron chi connectivity index (χ2n) is 5.10. The number of anilines is 1. The largest absolute Gasteiger partial charge is 0.507 e. The third kappa shape index (κ3) is 5.36. The second kappa shape index (κ2) is 8.89. The molecule has 0 spiro atoms. The van der Waals surface area contributed by atoms with Gasteiger partial charge in [-0.05, 0) is 68.5 Å². The molecule has 0 fully saturated rings. The lowest BCUT2D eigenvalue weighted by molar-refractivity contribution is 0.340. The summed E-state index contributed by atoms with van der Waals surface area (Å²) in [5, 5.41) is 17.5. The molecule has 132 valence electrons. The van der Waals surface area contributed by atoms with E-state index in [1.807, 2.05) is 31.2 Å². The molecule has 7 heteroatoms. The lowest BCUT2D eigenvalue weighted by Gasteiger charge is -2.10.